The molecule has 0 saturated heterocycles. The van der Waals surface area contributed by atoms with Crippen molar-refractivity contribution in [2.45, 2.75) is 0 Å². The maximum atomic E-state index is 9.75. The van der Waals surface area contributed by atoms with Crippen molar-refractivity contribution in [1.29, 1.82) is 0 Å². The van der Waals surface area contributed by atoms with Crippen LogP contribution < -0.4 is 0 Å². The van der Waals surface area contributed by atoms with Crippen molar-refractivity contribution in [2.75, 3.05) is 0 Å². The lowest BCUT2D eigenvalue weighted by Crippen LogP contribution is -2.02. The van der Waals surface area contributed by atoms with Crippen LogP contribution in [0.25, 0.3) is 0 Å². The largest absolute Gasteiger partial charge is 0.750 e. The van der Waals surface area contributed by atoms with Gasteiger partial charge in [0.1, 0.15) is 0 Å². The highest BCUT2D eigenvalue weighted by Gasteiger charge is 2.20. The maximum Gasteiger partial charge on any atom is 0.673 e. The molecule has 0 aromatic carbocycles. The molecule has 0 heterocycles. The standard InChI is InChI=1S/BF4.H2O3S/c2-1(3,4)5;1-4(2)3/h;(H2,1,2,3)/q-1;/p-1. The summed E-state index contributed by atoms with van der Waals surface area (Å²) in [6.45, 7) is 0. The fourth-order valence-electron chi connectivity index (χ4n) is 0. The summed E-state index contributed by atoms with van der Waals surface area (Å²) in [5, 5.41) is 0. The Morgan fingerprint density at radius 3 is 1.33 bits per heavy atom. The number of rotatable bonds is 0. The number of hydrogen-bond acceptors (Lipinski definition) is 2. The quantitative estimate of drug-likeness (QED) is 0.328. The van der Waals surface area contributed by atoms with Crippen molar-refractivity contribution < 1.29 is 30.6 Å². The van der Waals surface area contributed by atoms with E-state index < -0.39 is 18.6 Å². The van der Waals surface area contributed by atoms with Gasteiger partial charge in [-0.2, -0.15) is 0 Å². The zero-order chi connectivity index (χ0) is 8.08. The molecule has 0 aliphatic carbocycles. The van der Waals surface area contributed by atoms with Gasteiger partial charge in [0, 0.05) is 0 Å². The van der Waals surface area contributed by atoms with Crippen molar-refractivity contribution in [3.63, 3.8) is 0 Å². The highest BCUT2D eigenvalue weighted by molar-refractivity contribution is 7.73. The first-order valence-corrected chi connectivity index (χ1v) is 2.42. The Morgan fingerprint density at radius 1 is 1.33 bits per heavy atom. The van der Waals surface area contributed by atoms with Crippen LogP contribution in [0.4, 0.5) is 17.3 Å². The smallest absolute Gasteiger partial charge is 0.673 e. The molecule has 0 rings (SSSR count). The summed E-state index contributed by atoms with van der Waals surface area (Å²) in [4.78, 5) is 0. The molecule has 1 unspecified atom stereocenters. The van der Waals surface area contributed by atoms with E-state index in [0.717, 1.165) is 0 Å². The summed E-state index contributed by atoms with van der Waals surface area (Å²) >= 11 is -2.86. The fourth-order valence-corrected chi connectivity index (χ4v) is 0. The molecular formula is HBF4O3S-2. The summed E-state index contributed by atoms with van der Waals surface area (Å²) in [6.07, 6.45) is 0. The van der Waals surface area contributed by atoms with Gasteiger partial charge in [-0.1, -0.05) is 0 Å². The van der Waals surface area contributed by atoms with Gasteiger partial charge in [0.25, 0.3) is 0 Å². The van der Waals surface area contributed by atoms with Crippen LogP contribution in [-0.2, 0) is 11.4 Å². The van der Waals surface area contributed by atoms with Gasteiger partial charge >= 0.3 is 7.25 Å². The second-order valence-electron chi connectivity index (χ2n) is 0.712. The normalized spacial score (nSPS) is 13.6. The van der Waals surface area contributed by atoms with Gasteiger partial charge in [0.15, 0.2) is 0 Å². The Labute approximate surface area is 50.3 Å². The second kappa shape index (κ2) is 4.71. The van der Waals surface area contributed by atoms with Crippen LogP contribution in [0.15, 0.2) is 0 Å². The fraction of sp³-hybridized carbons (Fsp3) is 0. The minimum absolute atomic E-state index is 2.86. The molecule has 0 radical (unpaired) electrons. The molecule has 0 aliphatic rings. The molecular weight excluding hydrogens is 167 g/mol. The molecule has 0 saturated carbocycles. The van der Waals surface area contributed by atoms with Crippen molar-refractivity contribution in [2.24, 2.45) is 0 Å². The first-order valence-electron chi connectivity index (χ1n) is 1.39. The monoisotopic (exact) mass is 168 g/mol. The Bertz CT molecular complexity index is 78.3. The highest BCUT2D eigenvalue weighted by Crippen LogP contribution is 2.06. The highest BCUT2D eigenvalue weighted by atomic mass is 32.2. The molecule has 0 fully saturated rings. The van der Waals surface area contributed by atoms with Crippen molar-refractivity contribution in [3.8, 4) is 0 Å². The van der Waals surface area contributed by atoms with Gasteiger partial charge in [-0.25, -0.2) is 4.21 Å². The van der Waals surface area contributed by atoms with Crippen LogP contribution >= 0.6 is 0 Å². The summed E-state index contributed by atoms with van der Waals surface area (Å²) in [7, 11) is -6.00. The third-order valence-electron chi connectivity index (χ3n) is 0. The first-order chi connectivity index (χ1) is 3.73. The van der Waals surface area contributed by atoms with Crippen molar-refractivity contribution >= 4 is 18.6 Å². The van der Waals surface area contributed by atoms with E-state index in [1.807, 2.05) is 0 Å². The lowest BCUT2D eigenvalue weighted by Gasteiger charge is -1.94. The number of hydrogen-bond donors (Lipinski definition) is 1. The van der Waals surface area contributed by atoms with E-state index in [0.29, 0.717) is 0 Å². The third-order valence-corrected chi connectivity index (χ3v) is 0. The Hall–Kier alpha value is -0.145. The Morgan fingerprint density at radius 2 is 1.33 bits per heavy atom. The van der Waals surface area contributed by atoms with E-state index in [-0.39, 0.29) is 0 Å². The molecule has 3 nitrogen and oxygen atoms in total. The van der Waals surface area contributed by atoms with Crippen LogP contribution in [0, 0.1) is 0 Å². The van der Waals surface area contributed by atoms with Gasteiger partial charge < -0.3 is 26.4 Å². The average molecular weight is 168 g/mol. The van der Waals surface area contributed by atoms with Crippen molar-refractivity contribution in [3.05, 3.63) is 0 Å². The molecule has 1 N–H and O–H groups in total. The van der Waals surface area contributed by atoms with Crippen LogP contribution in [0.3, 0.4) is 0 Å². The van der Waals surface area contributed by atoms with E-state index >= 15 is 0 Å². The van der Waals surface area contributed by atoms with Crippen molar-refractivity contribution in [1.82, 2.24) is 0 Å². The zero-order valence-corrected chi connectivity index (χ0v) is 4.58. The molecule has 9 heavy (non-hydrogen) atoms. The SMILES string of the molecule is F[B-](F)(F)F.O=S([O-])O. The maximum absolute atomic E-state index is 9.75. The van der Waals surface area contributed by atoms with E-state index in [1.54, 1.807) is 0 Å². The predicted octanol–water partition coefficient (Wildman–Crippen LogP) is 0.639. The van der Waals surface area contributed by atoms with E-state index in [1.165, 1.54) is 0 Å². The molecule has 0 bridgehead atoms. The molecule has 0 aromatic heterocycles. The van der Waals surface area contributed by atoms with E-state index in [2.05, 4.69) is 0 Å². The summed E-state index contributed by atoms with van der Waals surface area (Å²) in [5.41, 5.74) is 0. The van der Waals surface area contributed by atoms with Gasteiger partial charge in [-0.05, 0) is 0 Å². The molecule has 0 aliphatic heterocycles. The van der Waals surface area contributed by atoms with E-state index in [9.17, 15) is 17.3 Å². The van der Waals surface area contributed by atoms with Gasteiger partial charge in [-0.15, -0.1) is 0 Å². The molecule has 0 amide bonds. The topological polar surface area (TPSA) is 60.4 Å². The molecule has 1 atom stereocenters. The minimum atomic E-state index is -6.00. The van der Waals surface area contributed by atoms with E-state index in [4.69, 9.17) is 13.3 Å². The molecule has 9 heteroatoms. The zero-order valence-electron chi connectivity index (χ0n) is 3.76. The summed E-state index contributed by atoms with van der Waals surface area (Å²) in [6, 6.07) is 0. The minimum Gasteiger partial charge on any atom is -0.750 e. The lowest BCUT2D eigenvalue weighted by atomic mass is 10.3. The Kier molecular flexibility index (Phi) is 6.08. The molecule has 0 aromatic rings. The summed E-state index contributed by atoms with van der Waals surface area (Å²) in [5.74, 6) is 0. The van der Waals surface area contributed by atoms with Gasteiger partial charge in [0.05, 0.1) is 11.4 Å². The van der Waals surface area contributed by atoms with Crippen LogP contribution in [0.1, 0.15) is 0 Å². The lowest BCUT2D eigenvalue weighted by molar-refractivity contribution is 0.368. The summed E-state index contributed by atoms with van der Waals surface area (Å²) < 4.78 is 63.1. The van der Waals surface area contributed by atoms with Crippen LogP contribution in [0.2, 0.25) is 0 Å². The third kappa shape index (κ3) is 12800. The average Bonchev–Trinajstić information content (AvgIpc) is 1.19. The van der Waals surface area contributed by atoms with Crippen LogP contribution in [-0.4, -0.2) is 20.6 Å². The number of halogens is 4. The first kappa shape index (κ1) is 11.6. The van der Waals surface area contributed by atoms with Gasteiger partial charge in [0.2, 0.25) is 0 Å². The van der Waals surface area contributed by atoms with Gasteiger partial charge in [-0.3, -0.25) is 0 Å². The second-order valence-corrected chi connectivity index (χ2v) is 1.15. The predicted molar refractivity (Wildman–Crippen MR) is 21.7 cm³/mol. The Balaban J connectivity index is 0. The molecule has 0 spiro atoms. The molecule has 58 valence electrons. The van der Waals surface area contributed by atoms with Crippen LogP contribution in [0.5, 0.6) is 0 Å².